The lowest BCUT2D eigenvalue weighted by atomic mass is 10.1. The molecule has 96 valence electrons. The van der Waals surface area contributed by atoms with Crippen LogP contribution >= 0.6 is 0 Å². The van der Waals surface area contributed by atoms with E-state index >= 15 is 0 Å². The molecule has 0 aliphatic rings. The molecule has 0 aromatic heterocycles. The van der Waals surface area contributed by atoms with Gasteiger partial charge in [-0.15, -0.1) is 0 Å². The van der Waals surface area contributed by atoms with Gasteiger partial charge in [-0.3, -0.25) is 4.79 Å². The predicted molar refractivity (Wildman–Crippen MR) is 68.4 cm³/mol. The molecule has 0 aliphatic heterocycles. The summed E-state index contributed by atoms with van der Waals surface area (Å²) in [5.41, 5.74) is 0.918. The third kappa shape index (κ3) is 3.45. The SMILES string of the molecule is C/C=C\c1cccc(C(=O)OCC)c1OC(C)=O. The third-order valence-corrected chi connectivity index (χ3v) is 2.13. The maximum atomic E-state index is 11.8. The number of para-hydroxylation sites is 1. The van der Waals surface area contributed by atoms with Gasteiger partial charge in [-0.05, 0) is 19.9 Å². The summed E-state index contributed by atoms with van der Waals surface area (Å²) in [6.07, 6.45) is 3.57. The van der Waals surface area contributed by atoms with Crippen molar-refractivity contribution < 1.29 is 19.1 Å². The summed E-state index contributed by atoms with van der Waals surface area (Å²) >= 11 is 0. The molecule has 18 heavy (non-hydrogen) atoms. The highest BCUT2D eigenvalue weighted by atomic mass is 16.5. The summed E-state index contributed by atoms with van der Waals surface area (Å²) in [7, 11) is 0. The van der Waals surface area contributed by atoms with Gasteiger partial charge in [0, 0.05) is 12.5 Å². The molecule has 0 radical (unpaired) electrons. The summed E-state index contributed by atoms with van der Waals surface area (Å²) in [5, 5.41) is 0. The number of allylic oxidation sites excluding steroid dienone is 1. The van der Waals surface area contributed by atoms with Gasteiger partial charge < -0.3 is 9.47 Å². The minimum Gasteiger partial charge on any atom is -0.462 e. The van der Waals surface area contributed by atoms with Crippen LogP contribution in [0.15, 0.2) is 24.3 Å². The second-order valence-electron chi connectivity index (χ2n) is 3.54. The smallest absolute Gasteiger partial charge is 0.341 e. The molecule has 0 atom stereocenters. The first-order valence-corrected chi connectivity index (χ1v) is 5.71. The Morgan fingerprint density at radius 3 is 2.61 bits per heavy atom. The van der Waals surface area contributed by atoms with E-state index in [2.05, 4.69) is 0 Å². The van der Waals surface area contributed by atoms with Crippen molar-refractivity contribution in [3.05, 3.63) is 35.4 Å². The Morgan fingerprint density at radius 1 is 1.33 bits per heavy atom. The second-order valence-corrected chi connectivity index (χ2v) is 3.54. The number of rotatable bonds is 4. The van der Waals surface area contributed by atoms with Crippen LogP contribution in [0.1, 0.15) is 36.7 Å². The number of hydrogen-bond donors (Lipinski definition) is 0. The van der Waals surface area contributed by atoms with Crippen LogP contribution in [0.5, 0.6) is 5.75 Å². The zero-order valence-corrected chi connectivity index (χ0v) is 10.7. The Morgan fingerprint density at radius 2 is 2.06 bits per heavy atom. The fraction of sp³-hybridized carbons (Fsp3) is 0.286. The van der Waals surface area contributed by atoms with Crippen LogP contribution in [0.25, 0.3) is 6.08 Å². The first-order chi connectivity index (χ1) is 8.60. The lowest BCUT2D eigenvalue weighted by Gasteiger charge is -2.11. The number of carbonyl (C=O) groups excluding carboxylic acids is 2. The normalized spacial score (nSPS) is 10.4. The number of esters is 2. The molecule has 0 bridgehead atoms. The Labute approximate surface area is 106 Å². The van der Waals surface area contributed by atoms with Crippen LogP contribution < -0.4 is 4.74 Å². The molecule has 0 aliphatic carbocycles. The van der Waals surface area contributed by atoms with Gasteiger partial charge in [-0.2, -0.15) is 0 Å². The topological polar surface area (TPSA) is 52.6 Å². The molecule has 1 aromatic carbocycles. The van der Waals surface area contributed by atoms with E-state index < -0.39 is 11.9 Å². The van der Waals surface area contributed by atoms with E-state index in [4.69, 9.17) is 9.47 Å². The van der Waals surface area contributed by atoms with Crippen molar-refractivity contribution in [2.75, 3.05) is 6.61 Å². The summed E-state index contributed by atoms with van der Waals surface area (Å²) in [5.74, 6) is -0.737. The van der Waals surface area contributed by atoms with E-state index in [1.54, 1.807) is 37.3 Å². The van der Waals surface area contributed by atoms with Crippen molar-refractivity contribution in [3.8, 4) is 5.75 Å². The highest BCUT2D eigenvalue weighted by molar-refractivity contribution is 5.95. The predicted octanol–water partition coefficient (Wildman–Crippen LogP) is 2.82. The summed E-state index contributed by atoms with van der Waals surface area (Å²) in [6.45, 7) is 5.13. The van der Waals surface area contributed by atoms with E-state index in [0.717, 1.165) is 0 Å². The highest BCUT2D eigenvalue weighted by Crippen LogP contribution is 2.26. The molecule has 0 fully saturated rings. The molecule has 0 amide bonds. The average Bonchev–Trinajstić information content (AvgIpc) is 2.31. The minimum absolute atomic E-state index is 0.238. The van der Waals surface area contributed by atoms with Gasteiger partial charge in [0.15, 0.2) is 5.75 Å². The van der Waals surface area contributed by atoms with Gasteiger partial charge in [0.2, 0.25) is 0 Å². The Kier molecular flexibility index (Phi) is 5.11. The van der Waals surface area contributed by atoms with Crippen LogP contribution in [0.2, 0.25) is 0 Å². The third-order valence-electron chi connectivity index (χ3n) is 2.13. The van der Waals surface area contributed by atoms with E-state index in [1.165, 1.54) is 6.92 Å². The molecule has 0 saturated heterocycles. The molecule has 0 saturated carbocycles. The van der Waals surface area contributed by atoms with Crippen LogP contribution in [-0.4, -0.2) is 18.5 Å². The van der Waals surface area contributed by atoms with Crippen molar-refractivity contribution in [2.45, 2.75) is 20.8 Å². The van der Waals surface area contributed by atoms with Crippen molar-refractivity contribution in [3.63, 3.8) is 0 Å². The molecule has 4 heteroatoms. The second kappa shape index (κ2) is 6.59. The molecule has 0 heterocycles. The number of hydrogen-bond acceptors (Lipinski definition) is 4. The standard InChI is InChI=1S/C14H16O4/c1-4-7-11-8-6-9-12(14(16)17-5-2)13(11)18-10(3)15/h4,6-9H,5H2,1-3H3/b7-4-. The maximum Gasteiger partial charge on any atom is 0.341 e. The van der Waals surface area contributed by atoms with Gasteiger partial charge >= 0.3 is 11.9 Å². The largest absolute Gasteiger partial charge is 0.462 e. The van der Waals surface area contributed by atoms with Gasteiger partial charge in [0.25, 0.3) is 0 Å². The highest BCUT2D eigenvalue weighted by Gasteiger charge is 2.17. The van der Waals surface area contributed by atoms with Gasteiger partial charge in [0.1, 0.15) is 5.56 Å². The first kappa shape index (κ1) is 14.0. The Balaban J connectivity index is 3.27. The van der Waals surface area contributed by atoms with E-state index in [0.29, 0.717) is 5.56 Å². The van der Waals surface area contributed by atoms with Gasteiger partial charge in [0.05, 0.1) is 6.61 Å². The number of carbonyl (C=O) groups is 2. The molecular formula is C14H16O4. The average molecular weight is 248 g/mol. The van der Waals surface area contributed by atoms with Crippen LogP contribution in [0, 0.1) is 0 Å². The van der Waals surface area contributed by atoms with E-state index in [1.807, 2.05) is 6.92 Å². The van der Waals surface area contributed by atoms with Gasteiger partial charge in [-0.25, -0.2) is 4.79 Å². The Bertz CT molecular complexity index is 475. The fourth-order valence-electron chi connectivity index (χ4n) is 1.49. The molecular weight excluding hydrogens is 232 g/mol. The zero-order chi connectivity index (χ0) is 13.5. The van der Waals surface area contributed by atoms with Crippen molar-refractivity contribution in [1.82, 2.24) is 0 Å². The number of ether oxygens (including phenoxy) is 2. The van der Waals surface area contributed by atoms with Gasteiger partial charge in [-0.1, -0.05) is 24.3 Å². The molecule has 0 unspecified atom stereocenters. The lowest BCUT2D eigenvalue weighted by molar-refractivity contribution is -0.131. The molecule has 1 aromatic rings. The minimum atomic E-state index is -0.500. The lowest BCUT2D eigenvalue weighted by Crippen LogP contribution is -2.11. The quantitative estimate of drug-likeness (QED) is 0.607. The number of benzene rings is 1. The summed E-state index contributed by atoms with van der Waals surface area (Å²) in [4.78, 5) is 22.9. The fourth-order valence-corrected chi connectivity index (χ4v) is 1.49. The van der Waals surface area contributed by atoms with Crippen molar-refractivity contribution in [1.29, 1.82) is 0 Å². The van der Waals surface area contributed by atoms with E-state index in [9.17, 15) is 9.59 Å². The van der Waals surface area contributed by atoms with Crippen LogP contribution in [0.3, 0.4) is 0 Å². The first-order valence-electron chi connectivity index (χ1n) is 5.71. The molecule has 1 rings (SSSR count). The molecule has 0 N–H and O–H groups in total. The summed E-state index contributed by atoms with van der Waals surface area (Å²) in [6, 6.07) is 5.05. The van der Waals surface area contributed by atoms with Crippen molar-refractivity contribution >= 4 is 18.0 Å². The van der Waals surface area contributed by atoms with Crippen LogP contribution in [0.4, 0.5) is 0 Å². The van der Waals surface area contributed by atoms with Crippen molar-refractivity contribution in [2.24, 2.45) is 0 Å². The summed E-state index contributed by atoms with van der Waals surface area (Å²) < 4.78 is 10.0. The van der Waals surface area contributed by atoms with Crippen LogP contribution in [-0.2, 0) is 9.53 Å². The Hall–Kier alpha value is -2.10. The van der Waals surface area contributed by atoms with E-state index in [-0.39, 0.29) is 17.9 Å². The maximum absolute atomic E-state index is 11.8. The molecule has 4 nitrogen and oxygen atoms in total. The molecule has 0 spiro atoms. The zero-order valence-electron chi connectivity index (χ0n) is 10.7. The monoisotopic (exact) mass is 248 g/mol.